The Morgan fingerprint density at radius 3 is 2.47 bits per heavy atom. The van der Waals surface area contributed by atoms with Crippen LogP contribution in [0.5, 0.6) is 0 Å². The van der Waals surface area contributed by atoms with Crippen molar-refractivity contribution in [2.24, 2.45) is 0 Å². The van der Waals surface area contributed by atoms with Gasteiger partial charge in [0.1, 0.15) is 6.04 Å². The number of rotatable bonds is 7. The van der Waals surface area contributed by atoms with Crippen LogP contribution in [0.1, 0.15) is 38.9 Å². The maximum absolute atomic E-state index is 13.4. The molecule has 0 saturated carbocycles. The van der Waals surface area contributed by atoms with E-state index in [1.807, 2.05) is 0 Å². The van der Waals surface area contributed by atoms with Crippen LogP contribution in [0.4, 0.5) is 5.69 Å². The van der Waals surface area contributed by atoms with Crippen molar-refractivity contribution >= 4 is 52.3 Å². The van der Waals surface area contributed by atoms with E-state index in [9.17, 15) is 19.2 Å². The molecule has 1 aromatic heterocycles. The lowest BCUT2D eigenvalue weighted by atomic mass is 10.1. The highest BCUT2D eigenvalue weighted by Crippen LogP contribution is 2.30. The minimum absolute atomic E-state index is 0.0791. The normalized spacial score (nSPS) is 15.5. The molecule has 3 amide bonds. The fourth-order valence-corrected chi connectivity index (χ4v) is 4.64. The van der Waals surface area contributed by atoms with Gasteiger partial charge in [-0.25, -0.2) is 9.69 Å². The quantitative estimate of drug-likeness (QED) is 0.354. The Kier molecular flexibility index (Phi) is 7.09. The molecule has 2 heterocycles. The van der Waals surface area contributed by atoms with Crippen molar-refractivity contribution in [3.05, 3.63) is 87.1 Å². The number of ether oxygens (including phenoxy) is 1. The first-order valence-corrected chi connectivity index (χ1v) is 11.9. The molecule has 0 aliphatic carbocycles. The van der Waals surface area contributed by atoms with Gasteiger partial charge < -0.3 is 9.64 Å². The van der Waals surface area contributed by atoms with Crippen molar-refractivity contribution in [3.63, 3.8) is 0 Å². The largest absolute Gasteiger partial charge is 0.462 e. The maximum atomic E-state index is 13.4. The van der Waals surface area contributed by atoms with Crippen LogP contribution in [-0.2, 0) is 20.9 Å². The minimum atomic E-state index is -0.983. The fraction of sp³-hybridized carbons (Fsp3) is 0.200. The summed E-state index contributed by atoms with van der Waals surface area (Å²) in [6.07, 6.45) is -0.153. The topological polar surface area (TPSA) is 84.0 Å². The number of amides is 3. The molecule has 1 fully saturated rings. The number of carbonyl (C=O) groups excluding carboxylic acids is 4. The molecule has 34 heavy (non-hydrogen) atoms. The van der Waals surface area contributed by atoms with E-state index in [1.165, 1.54) is 40.5 Å². The van der Waals surface area contributed by atoms with Gasteiger partial charge >= 0.3 is 5.97 Å². The summed E-state index contributed by atoms with van der Waals surface area (Å²) in [5.41, 5.74) is 1.31. The van der Waals surface area contributed by atoms with Crippen LogP contribution >= 0.6 is 22.9 Å². The number of hydrogen-bond donors (Lipinski definition) is 0. The van der Waals surface area contributed by atoms with Crippen molar-refractivity contribution in [1.82, 2.24) is 4.90 Å². The van der Waals surface area contributed by atoms with Crippen molar-refractivity contribution in [3.8, 4) is 0 Å². The molecule has 9 heteroatoms. The van der Waals surface area contributed by atoms with Crippen molar-refractivity contribution in [1.29, 1.82) is 0 Å². The summed E-state index contributed by atoms with van der Waals surface area (Å²) < 4.78 is 4.97. The number of halogens is 1. The van der Waals surface area contributed by atoms with Crippen molar-refractivity contribution < 1.29 is 23.9 Å². The van der Waals surface area contributed by atoms with Gasteiger partial charge in [0.2, 0.25) is 5.91 Å². The smallest absolute Gasteiger partial charge is 0.338 e. The Balaban J connectivity index is 1.63. The second-order valence-electron chi connectivity index (χ2n) is 7.56. The van der Waals surface area contributed by atoms with Crippen LogP contribution in [0.3, 0.4) is 0 Å². The Morgan fingerprint density at radius 1 is 1.09 bits per heavy atom. The molecule has 1 unspecified atom stereocenters. The molecule has 2 aromatic carbocycles. The first-order chi connectivity index (χ1) is 16.4. The van der Waals surface area contributed by atoms with E-state index in [2.05, 4.69) is 0 Å². The van der Waals surface area contributed by atoms with Gasteiger partial charge in [-0.2, -0.15) is 0 Å². The van der Waals surface area contributed by atoms with Gasteiger partial charge in [-0.3, -0.25) is 14.4 Å². The number of hydrogen-bond acceptors (Lipinski definition) is 6. The van der Waals surface area contributed by atoms with E-state index in [-0.39, 0.29) is 25.5 Å². The Bertz CT molecular complexity index is 1230. The molecule has 7 nitrogen and oxygen atoms in total. The molecular formula is C25H21ClN2O5S. The van der Waals surface area contributed by atoms with Crippen molar-refractivity contribution in [2.75, 3.05) is 11.5 Å². The summed E-state index contributed by atoms with van der Waals surface area (Å²) in [5.74, 6) is -1.77. The fourth-order valence-electron chi connectivity index (χ4n) is 3.77. The molecule has 0 N–H and O–H groups in total. The number of anilines is 1. The highest BCUT2D eigenvalue weighted by atomic mass is 35.5. The number of carbonyl (C=O) groups is 4. The first kappa shape index (κ1) is 23.7. The minimum Gasteiger partial charge on any atom is -0.462 e. The highest BCUT2D eigenvalue weighted by molar-refractivity contribution is 7.12. The molecule has 3 aromatic rings. The number of esters is 1. The third-order valence-electron chi connectivity index (χ3n) is 5.43. The molecule has 0 bridgehead atoms. The third-order valence-corrected chi connectivity index (χ3v) is 6.65. The average molecular weight is 497 g/mol. The summed E-state index contributed by atoms with van der Waals surface area (Å²) >= 11 is 7.58. The number of benzene rings is 2. The molecule has 0 spiro atoms. The summed E-state index contributed by atoms with van der Waals surface area (Å²) in [6, 6.07) is 15.6. The third kappa shape index (κ3) is 4.73. The number of nitrogens with zero attached hydrogens (tertiary/aromatic N) is 2. The van der Waals surface area contributed by atoms with Crippen LogP contribution in [0.2, 0.25) is 5.02 Å². The highest BCUT2D eigenvalue weighted by Gasteiger charge is 2.44. The SMILES string of the molecule is CCOC(=O)c1ccc(N2C(=O)CC(N(Cc3ccccc3Cl)C(=O)c3cccs3)C2=O)cc1. The maximum Gasteiger partial charge on any atom is 0.338 e. The molecule has 4 rings (SSSR count). The zero-order valence-corrected chi connectivity index (χ0v) is 19.8. The lowest BCUT2D eigenvalue weighted by Gasteiger charge is -2.27. The van der Waals surface area contributed by atoms with Gasteiger partial charge in [0.05, 0.1) is 29.2 Å². The van der Waals surface area contributed by atoms with Crippen LogP contribution < -0.4 is 4.90 Å². The van der Waals surface area contributed by atoms with Gasteiger partial charge in [0.15, 0.2) is 0 Å². The van der Waals surface area contributed by atoms with Crippen LogP contribution in [0.15, 0.2) is 66.0 Å². The van der Waals surface area contributed by atoms with Gasteiger partial charge in [-0.1, -0.05) is 35.9 Å². The predicted molar refractivity (Wildman–Crippen MR) is 129 cm³/mol. The summed E-state index contributed by atoms with van der Waals surface area (Å²) in [4.78, 5) is 54.5. The Morgan fingerprint density at radius 2 is 1.82 bits per heavy atom. The lowest BCUT2D eigenvalue weighted by Crippen LogP contribution is -2.45. The zero-order valence-electron chi connectivity index (χ0n) is 18.3. The first-order valence-electron chi connectivity index (χ1n) is 10.6. The van der Waals surface area contributed by atoms with E-state index >= 15 is 0 Å². The molecular weight excluding hydrogens is 476 g/mol. The molecule has 174 valence electrons. The van der Waals surface area contributed by atoms with Crippen LogP contribution in [-0.4, -0.2) is 41.2 Å². The van der Waals surface area contributed by atoms with Gasteiger partial charge in [0.25, 0.3) is 11.8 Å². The number of imide groups is 1. The zero-order chi connectivity index (χ0) is 24.2. The van der Waals surface area contributed by atoms with Crippen LogP contribution in [0.25, 0.3) is 0 Å². The molecule has 1 aliphatic rings. The van der Waals surface area contributed by atoms with Crippen LogP contribution in [0, 0.1) is 0 Å². The van der Waals surface area contributed by atoms with Crippen molar-refractivity contribution in [2.45, 2.75) is 25.9 Å². The van der Waals surface area contributed by atoms with E-state index in [4.69, 9.17) is 16.3 Å². The summed E-state index contributed by atoms with van der Waals surface area (Å²) in [7, 11) is 0. The van der Waals surface area contributed by atoms with Gasteiger partial charge in [-0.15, -0.1) is 11.3 Å². The second kappa shape index (κ2) is 10.2. The second-order valence-corrected chi connectivity index (χ2v) is 8.91. The Hall–Kier alpha value is -3.49. The standard InChI is InChI=1S/C25H21ClN2O5S/c1-2-33-25(32)16-9-11-18(12-10-16)28-22(29)14-20(23(28)30)27(24(31)21-8-5-13-34-21)15-17-6-3-4-7-19(17)26/h3-13,20H,2,14-15H2,1H3. The van der Waals surface area contributed by atoms with E-state index in [0.717, 1.165) is 4.90 Å². The van der Waals surface area contributed by atoms with E-state index in [1.54, 1.807) is 48.7 Å². The molecule has 0 radical (unpaired) electrons. The van der Waals surface area contributed by atoms with Gasteiger partial charge in [0, 0.05) is 11.6 Å². The van der Waals surface area contributed by atoms with E-state index in [0.29, 0.717) is 26.7 Å². The van der Waals surface area contributed by atoms with Gasteiger partial charge in [-0.05, 0) is 54.3 Å². The molecule has 1 atom stereocenters. The van der Waals surface area contributed by atoms with E-state index < -0.39 is 23.8 Å². The monoisotopic (exact) mass is 496 g/mol. The predicted octanol–water partition coefficient (Wildman–Crippen LogP) is 4.55. The lowest BCUT2D eigenvalue weighted by molar-refractivity contribution is -0.122. The number of thiophene rings is 1. The summed E-state index contributed by atoms with van der Waals surface area (Å²) in [6.45, 7) is 2.03. The average Bonchev–Trinajstić information content (AvgIpc) is 3.47. The molecule has 1 saturated heterocycles. The molecule has 1 aliphatic heterocycles. The summed E-state index contributed by atoms with van der Waals surface area (Å²) in [5, 5.41) is 2.24. The Labute approximate surface area is 205 Å².